The van der Waals surface area contributed by atoms with Crippen molar-refractivity contribution >= 4 is 17.3 Å². The number of benzene rings is 3. The predicted molar refractivity (Wildman–Crippen MR) is 106 cm³/mol. The van der Waals surface area contributed by atoms with Crippen LogP contribution in [-0.2, 0) is 10.3 Å². The van der Waals surface area contributed by atoms with Crippen molar-refractivity contribution in [3.63, 3.8) is 0 Å². The Hall–Kier alpha value is -3.40. The van der Waals surface area contributed by atoms with Crippen LogP contribution in [0.15, 0.2) is 88.8 Å². The van der Waals surface area contributed by atoms with Gasteiger partial charge in [-0.05, 0) is 30.3 Å². The van der Waals surface area contributed by atoms with E-state index in [1.165, 1.54) is 0 Å². The minimum Gasteiger partial charge on any atom is -0.507 e. The van der Waals surface area contributed by atoms with Gasteiger partial charge >= 0.3 is 0 Å². The molecule has 0 saturated heterocycles. The van der Waals surface area contributed by atoms with Crippen molar-refractivity contribution in [3.8, 4) is 5.75 Å². The highest BCUT2D eigenvalue weighted by Gasteiger charge is 2.49. The van der Waals surface area contributed by atoms with Crippen LogP contribution in [0.5, 0.6) is 5.75 Å². The quantitative estimate of drug-likeness (QED) is 0.732. The monoisotopic (exact) mass is 354 g/mol. The van der Waals surface area contributed by atoms with Gasteiger partial charge in [0.1, 0.15) is 11.5 Å². The van der Waals surface area contributed by atoms with Crippen LogP contribution in [0.4, 0.5) is 5.69 Å². The number of rotatable bonds is 2. The zero-order valence-corrected chi connectivity index (χ0v) is 14.7. The van der Waals surface area contributed by atoms with Crippen molar-refractivity contribution in [2.24, 2.45) is 9.98 Å². The number of aliphatic imine (C=N–C) groups is 2. The number of fused-ring (bicyclic) bond motifs is 2. The second-order valence-corrected chi connectivity index (χ2v) is 6.73. The Kier molecular flexibility index (Phi) is 3.57. The van der Waals surface area contributed by atoms with Crippen LogP contribution < -0.4 is 0 Å². The van der Waals surface area contributed by atoms with Gasteiger partial charge in [0.25, 0.3) is 0 Å². The molecular formula is C23H18N2O2. The molecule has 0 radical (unpaired) electrons. The molecule has 5 rings (SSSR count). The number of phenolic OH excluding ortho intramolecular Hbond substituents is 1. The average molecular weight is 354 g/mol. The summed E-state index contributed by atoms with van der Waals surface area (Å²) in [4.78, 5) is 9.48. The van der Waals surface area contributed by atoms with Gasteiger partial charge in [0.15, 0.2) is 5.60 Å². The normalized spacial score (nSPS) is 20.6. The summed E-state index contributed by atoms with van der Waals surface area (Å²) in [7, 11) is 0. The maximum absolute atomic E-state index is 10.5. The van der Waals surface area contributed by atoms with Crippen molar-refractivity contribution < 1.29 is 9.84 Å². The van der Waals surface area contributed by atoms with Gasteiger partial charge in [-0.1, -0.05) is 48.5 Å². The minimum atomic E-state index is -0.748. The van der Waals surface area contributed by atoms with Gasteiger partial charge in [0.2, 0.25) is 5.90 Å². The third kappa shape index (κ3) is 2.45. The van der Waals surface area contributed by atoms with Crippen LogP contribution >= 0.6 is 0 Å². The lowest BCUT2D eigenvalue weighted by atomic mass is 9.83. The number of phenols is 1. The molecule has 0 aromatic heterocycles. The third-order valence-electron chi connectivity index (χ3n) is 5.12. The Morgan fingerprint density at radius 1 is 0.852 bits per heavy atom. The first-order chi connectivity index (χ1) is 13.3. The maximum Gasteiger partial charge on any atom is 0.217 e. The largest absolute Gasteiger partial charge is 0.507 e. The molecular weight excluding hydrogens is 336 g/mol. The molecule has 0 saturated carbocycles. The van der Waals surface area contributed by atoms with E-state index in [9.17, 15) is 5.11 Å². The zero-order chi connectivity index (χ0) is 18.3. The van der Waals surface area contributed by atoms with E-state index < -0.39 is 5.60 Å². The number of ether oxygens (including phenoxy) is 1. The van der Waals surface area contributed by atoms with E-state index in [-0.39, 0.29) is 5.75 Å². The van der Waals surface area contributed by atoms with Gasteiger partial charge in [0, 0.05) is 29.7 Å². The summed E-state index contributed by atoms with van der Waals surface area (Å²) in [6.45, 7) is 0.630. The highest BCUT2D eigenvalue weighted by molar-refractivity contribution is 6.15. The summed E-state index contributed by atoms with van der Waals surface area (Å²) in [5.41, 5.74) is 3.53. The zero-order valence-electron chi connectivity index (χ0n) is 14.7. The fourth-order valence-electron chi connectivity index (χ4n) is 3.85. The molecule has 0 amide bonds. The maximum atomic E-state index is 10.5. The predicted octanol–water partition coefficient (Wildman–Crippen LogP) is 4.59. The SMILES string of the molecule is Oc1ccccc1C1=Nc2ccccc2C12CCN=C(c1ccccc1)O2. The number of aromatic hydroxyl groups is 1. The van der Waals surface area contributed by atoms with E-state index in [4.69, 9.17) is 9.73 Å². The summed E-state index contributed by atoms with van der Waals surface area (Å²) >= 11 is 0. The van der Waals surface area contributed by atoms with Gasteiger partial charge in [0.05, 0.1) is 5.69 Å². The lowest BCUT2D eigenvalue weighted by Gasteiger charge is -2.36. The van der Waals surface area contributed by atoms with Crippen molar-refractivity contribution in [3.05, 3.63) is 95.6 Å². The van der Waals surface area contributed by atoms with Crippen LogP contribution in [0.25, 0.3) is 0 Å². The molecule has 0 bridgehead atoms. The van der Waals surface area contributed by atoms with Crippen LogP contribution in [0.1, 0.15) is 23.1 Å². The molecule has 132 valence electrons. The van der Waals surface area contributed by atoms with Gasteiger partial charge in [-0.15, -0.1) is 0 Å². The Labute approximate surface area is 157 Å². The molecule has 0 aliphatic carbocycles. The summed E-state index contributed by atoms with van der Waals surface area (Å²) < 4.78 is 6.58. The molecule has 2 aliphatic rings. The second kappa shape index (κ2) is 6.09. The average Bonchev–Trinajstić information content (AvgIpc) is 3.03. The van der Waals surface area contributed by atoms with Crippen molar-refractivity contribution in [1.82, 2.24) is 0 Å². The third-order valence-corrected chi connectivity index (χ3v) is 5.12. The molecule has 3 aromatic rings. The van der Waals surface area contributed by atoms with Crippen molar-refractivity contribution in [2.45, 2.75) is 12.0 Å². The Morgan fingerprint density at radius 2 is 1.59 bits per heavy atom. The molecule has 1 N–H and O–H groups in total. The van der Waals surface area contributed by atoms with Crippen LogP contribution in [0.2, 0.25) is 0 Å². The molecule has 0 fully saturated rings. The summed E-state index contributed by atoms with van der Waals surface area (Å²) in [6, 6.07) is 25.2. The van der Waals surface area contributed by atoms with Crippen LogP contribution in [0, 0.1) is 0 Å². The molecule has 2 aliphatic heterocycles. The number of hydrogen-bond donors (Lipinski definition) is 1. The van der Waals surface area contributed by atoms with Crippen LogP contribution in [-0.4, -0.2) is 23.3 Å². The highest BCUT2D eigenvalue weighted by atomic mass is 16.5. The number of para-hydroxylation sites is 2. The van der Waals surface area contributed by atoms with E-state index in [2.05, 4.69) is 11.1 Å². The minimum absolute atomic E-state index is 0.204. The number of hydrogen-bond acceptors (Lipinski definition) is 4. The fourth-order valence-corrected chi connectivity index (χ4v) is 3.85. The lowest BCUT2D eigenvalue weighted by molar-refractivity contribution is 0.111. The first-order valence-electron chi connectivity index (χ1n) is 9.04. The number of nitrogens with zero attached hydrogens (tertiary/aromatic N) is 2. The van der Waals surface area contributed by atoms with Crippen molar-refractivity contribution in [2.75, 3.05) is 6.54 Å². The van der Waals surface area contributed by atoms with E-state index in [0.29, 0.717) is 24.4 Å². The lowest BCUT2D eigenvalue weighted by Crippen LogP contribution is -2.42. The smallest absolute Gasteiger partial charge is 0.217 e. The standard InChI is InChI=1S/C23H18N2O2/c26-20-13-7-4-10-17(20)21-23(18-11-5-6-12-19(18)25-21)14-15-24-22(27-23)16-8-2-1-3-9-16/h1-13,26H,14-15H2. The molecule has 1 spiro atoms. The van der Waals surface area contributed by atoms with E-state index in [1.807, 2.05) is 66.7 Å². The van der Waals surface area contributed by atoms with Gasteiger partial charge < -0.3 is 9.84 Å². The Bertz CT molecular complexity index is 1070. The van der Waals surface area contributed by atoms with Crippen molar-refractivity contribution in [1.29, 1.82) is 0 Å². The molecule has 4 nitrogen and oxygen atoms in total. The summed E-state index contributed by atoms with van der Waals surface area (Å²) in [5.74, 6) is 0.817. The second-order valence-electron chi connectivity index (χ2n) is 6.73. The summed E-state index contributed by atoms with van der Waals surface area (Å²) in [6.07, 6.45) is 0.674. The first-order valence-corrected chi connectivity index (χ1v) is 9.04. The Morgan fingerprint density at radius 3 is 2.44 bits per heavy atom. The van der Waals surface area contributed by atoms with Crippen LogP contribution in [0.3, 0.4) is 0 Å². The Balaban J connectivity index is 1.67. The van der Waals surface area contributed by atoms with E-state index >= 15 is 0 Å². The van der Waals surface area contributed by atoms with Gasteiger partial charge in [-0.2, -0.15) is 0 Å². The molecule has 27 heavy (non-hydrogen) atoms. The summed E-state index contributed by atoms with van der Waals surface area (Å²) in [5, 5.41) is 10.5. The molecule has 3 aromatic carbocycles. The van der Waals surface area contributed by atoms with Gasteiger partial charge in [-0.3, -0.25) is 4.99 Å². The van der Waals surface area contributed by atoms with Gasteiger partial charge in [-0.25, -0.2) is 4.99 Å². The highest BCUT2D eigenvalue weighted by Crippen LogP contribution is 2.48. The molecule has 2 heterocycles. The van der Waals surface area contributed by atoms with E-state index in [1.54, 1.807) is 6.07 Å². The molecule has 1 unspecified atom stereocenters. The first kappa shape index (κ1) is 15.8. The molecule has 1 atom stereocenters. The fraction of sp³-hybridized carbons (Fsp3) is 0.130. The topological polar surface area (TPSA) is 54.2 Å². The van der Waals surface area contributed by atoms with E-state index in [0.717, 1.165) is 22.5 Å². The molecule has 4 heteroatoms.